The van der Waals surface area contributed by atoms with Crippen LogP contribution in [0.15, 0.2) is 46.9 Å². The Kier molecular flexibility index (Phi) is 6.46. The number of piperazine rings is 1. The number of hydrogen-bond donors (Lipinski definition) is 0. The minimum absolute atomic E-state index is 0.0210. The molecule has 0 aromatic heterocycles. The Labute approximate surface area is 169 Å². The summed E-state index contributed by atoms with van der Waals surface area (Å²) in [6, 6.07) is 9.94. The van der Waals surface area contributed by atoms with E-state index >= 15 is 0 Å². The molecule has 0 atom stereocenters. The van der Waals surface area contributed by atoms with Crippen LogP contribution in [0.1, 0.15) is 12.5 Å². The Balaban J connectivity index is 1.66. The second-order valence-electron chi connectivity index (χ2n) is 6.75. The molecule has 5 nitrogen and oxygen atoms in total. The van der Waals surface area contributed by atoms with Crippen molar-refractivity contribution in [3.8, 4) is 0 Å². The number of nitrogens with zero attached hydrogens (tertiary/aromatic N) is 3. The molecule has 3 rings (SSSR count). The molecule has 0 saturated carbocycles. The minimum Gasteiger partial charge on any atom is -0.339 e. The normalized spacial score (nSPS) is 20.7. The van der Waals surface area contributed by atoms with Crippen LogP contribution < -0.4 is 0 Å². The van der Waals surface area contributed by atoms with Crippen molar-refractivity contribution in [3.05, 3.63) is 52.4 Å². The van der Waals surface area contributed by atoms with Gasteiger partial charge in [-0.05, 0) is 31.2 Å². The number of allylic oxidation sites excluding steroid dienone is 2. The standard InChI is InChI=1S/C20H23N3O2S2/c1-15(12-16-6-4-3-5-7-16)13-17-19(25)23(20(26)27-17)14-18(24)22-10-8-21(2)9-11-22/h3-7,12-13H,8-11,14H2,1-2H3. The van der Waals surface area contributed by atoms with E-state index in [4.69, 9.17) is 12.2 Å². The van der Waals surface area contributed by atoms with E-state index in [0.29, 0.717) is 22.3 Å². The predicted molar refractivity (Wildman–Crippen MR) is 114 cm³/mol. The van der Waals surface area contributed by atoms with E-state index in [0.717, 1.165) is 24.2 Å². The molecular formula is C20H23N3O2S2. The average molecular weight is 402 g/mol. The molecule has 0 radical (unpaired) electrons. The summed E-state index contributed by atoms with van der Waals surface area (Å²) in [5.74, 6) is -0.231. The molecule has 2 aliphatic rings. The van der Waals surface area contributed by atoms with Crippen molar-refractivity contribution in [1.29, 1.82) is 0 Å². The Morgan fingerprint density at radius 2 is 1.85 bits per heavy atom. The Bertz CT molecular complexity index is 797. The molecule has 27 heavy (non-hydrogen) atoms. The van der Waals surface area contributed by atoms with Gasteiger partial charge >= 0.3 is 0 Å². The molecule has 0 unspecified atom stereocenters. The summed E-state index contributed by atoms with van der Waals surface area (Å²) in [7, 11) is 2.04. The van der Waals surface area contributed by atoms with Gasteiger partial charge in [0.05, 0.1) is 4.91 Å². The first kappa shape index (κ1) is 19.8. The van der Waals surface area contributed by atoms with Gasteiger partial charge in [0.1, 0.15) is 10.9 Å². The highest BCUT2D eigenvalue weighted by atomic mass is 32.2. The maximum absolute atomic E-state index is 12.7. The fraction of sp³-hybridized carbons (Fsp3) is 0.350. The molecule has 142 valence electrons. The highest BCUT2D eigenvalue weighted by Crippen LogP contribution is 2.32. The average Bonchev–Trinajstić information content (AvgIpc) is 2.90. The zero-order valence-electron chi connectivity index (χ0n) is 15.6. The maximum atomic E-state index is 12.7. The summed E-state index contributed by atoms with van der Waals surface area (Å²) in [5, 5.41) is 0. The van der Waals surface area contributed by atoms with Crippen LogP contribution in [0.2, 0.25) is 0 Å². The molecule has 2 aliphatic heterocycles. The Hall–Kier alpha value is -1.96. The van der Waals surface area contributed by atoms with Crippen LogP contribution in [-0.2, 0) is 9.59 Å². The summed E-state index contributed by atoms with van der Waals surface area (Å²) in [6.07, 6.45) is 3.86. The van der Waals surface area contributed by atoms with Crippen LogP contribution >= 0.6 is 24.0 Å². The van der Waals surface area contributed by atoms with Gasteiger partial charge in [-0.2, -0.15) is 0 Å². The second kappa shape index (κ2) is 8.82. The van der Waals surface area contributed by atoms with Gasteiger partial charge in [-0.25, -0.2) is 0 Å². The number of hydrogen-bond acceptors (Lipinski definition) is 5. The van der Waals surface area contributed by atoms with Gasteiger partial charge in [-0.3, -0.25) is 14.5 Å². The van der Waals surface area contributed by atoms with Crippen molar-refractivity contribution >= 4 is 46.2 Å². The topological polar surface area (TPSA) is 43.9 Å². The number of carbonyl (C=O) groups is 2. The predicted octanol–water partition coefficient (Wildman–Crippen LogP) is 2.61. The van der Waals surface area contributed by atoms with Crippen molar-refractivity contribution in [2.75, 3.05) is 39.8 Å². The van der Waals surface area contributed by atoms with Gasteiger partial charge in [0.25, 0.3) is 5.91 Å². The lowest BCUT2D eigenvalue weighted by molar-refractivity contribution is -0.136. The summed E-state index contributed by atoms with van der Waals surface area (Å²) in [4.78, 5) is 31.2. The number of amides is 2. The zero-order valence-corrected chi connectivity index (χ0v) is 17.2. The number of thiocarbonyl (C=S) groups is 1. The lowest BCUT2D eigenvalue weighted by atomic mass is 10.1. The molecule has 1 aromatic carbocycles. The SMILES string of the molecule is CC(=Cc1ccccc1)C=C1SC(=S)N(CC(=O)N2CCN(C)CC2)C1=O. The van der Waals surface area contributed by atoms with Crippen LogP contribution in [0, 0.1) is 0 Å². The first-order chi connectivity index (χ1) is 12.9. The fourth-order valence-corrected chi connectivity index (χ4v) is 4.29. The summed E-state index contributed by atoms with van der Waals surface area (Å²) >= 11 is 6.60. The van der Waals surface area contributed by atoms with Crippen LogP contribution in [-0.4, -0.2) is 70.6 Å². The summed E-state index contributed by atoms with van der Waals surface area (Å²) < 4.78 is 0.446. The smallest absolute Gasteiger partial charge is 0.266 e. The molecule has 0 spiro atoms. The Morgan fingerprint density at radius 1 is 1.19 bits per heavy atom. The van der Waals surface area contributed by atoms with Gasteiger partial charge in [0, 0.05) is 26.2 Å². The fourth-order valence-electron chi connectivity index (χ4n) is 2.99. The number of carbonyl (C=O) groups excluding carboxylic acids is 2. The summed E-state index contributed by atoms with van der Waals surface area (Å²) in [5.41, 5.74) is 2.04. The van der Waals surface area contributed by atoms with Crippen molar-refractivity contribution < 1.29 is 9.59 Å². The van der Waals surface area contributed by atoms with Gasteiger partial charge < -0.3 is 9.80 Å². The lowest BCUT2D eigenvalue weighted by Gasteiger charge is -2.33. The second-order valence-corrected chi connectivity index (χ2v) is 8.43. The Morgan fingerprint density at radius 3 is 2.52 bits per heavy atom. The first-order valence-electron chi connectivity index (χ1n) is 8.89. The third kappa shape index (κ3) is 5.06. The molecule has 2 fully saturated rings. The zero-order chi connectivity index (χ0) is 19.4. The molecule has 2 amide bonds. The van der Waals surface area contributed by atoms with Gasteiger partial charge in [0.15, 0.2) is 0 Å². The molecule has 2 saturated heterocycles. The van der Waals surface area contributed by atoms with Crippen molar-refractivity contribution in [1.82, 2.24) is 14.7 Å². The number of rotatable bonds is 4. The van der Waals surface area contributed by atoms with Crippen LogP contribution in [0.3, 0.4) is 0 Å². The number of thioether (sulfide) groups is 1. The molecule has 0 N–H and O–H groups in total. The summed E-state index contributed by atoms with van der Waals surface area (Å²) in [6.45, 7) is 5.07. The van der Waals surface area contributed by atoms with E-state index in [1.54, 1.807) is 0 Å². The molecule has 7 heteroatoms. The van der Waals surface area contributed by atoms with Crippen LogP contribution in [0.25, 0.3) is 6.08 Å². The van der Waals surface area contributed by atoms with E-state index in [-0.39, 0.29) is 18.4 Å². The van der Waals surface area contributed by atoms with Crippen molar-refractivity contribution in [2.24, 2.45) is 0 Å². The van der Waals surface area contributed by atoms with E-state index in [2.05, 4.69) is 4.90 Å². The third-order valence-corrected chi connectivity index (χ3v) is 5.95. The first-order valence-corrected chi connectivity index (χ1v) is 10.1. The van der Waals surface area contributed by atoms with Gasteiger partial charge in [0.2, 0.25) is 5.91 Å². The molecule has 0 aliphatic carbocycles. The largest absolute Gasteiger partial charge is 0.339 e. The van der Waals surface area contributed by atoms with Crippen molar-refractivity contribution in [3.63, 3.8) is 0 Å². The lowest BCUT2D eigenvalue weighted by Crippen LogP contribution is -2.50. The molecule has 0 bridgehead atoms. The molecule has 2 heterocycles. The third-order valence-electron chi connectivity index (χ3n) is 4.58. The van der Waals surface area contributed by atoms with Gasteiger partial charge in [-0.1, -0.05) is 60.4 Å². The van der Waals surface area contributed by atoms with E-state index in [1.165, 1.54) is 16.7 Å². The monoisotopic (exact) mass is 401 g/mol. The molecular weight excluding hydrogens is 378 g/mol. The quantitative estimate of drug-likeness (QED) is 0.573. The van der Waals surface area contributed by atoms with Crippen molar-refractivity contribution in [2.45, 2.75) is 6.92 Å². The molecule has 1 aromatic rings. The number of likely N-dealkylation sites (N-methyl/N-ethyl adjacent to an activating group) is 1. The maximum Gasteiger partial charge on any atom is 0.266 e. The highest BCUT2D eigenvalue weighted by Gasteiger charge is 2.34. The highest BCUT2D eigenvalue weighted by molar-refractivity contribution is 8.26. The van der Waals surface area contributed by atoms with Gasteiger partial charge in [-0.15, -0.1) is 0 Å². The van der Waals surface area contributed by atoms with Crippen LogP contribution in [0.4, 0.5) is 0 Å². The minimum atomic E-state index is -0.187. The van der Waals surface area contributed by atoms with E-state index in [1.807, 2.05) is 61.4 Å². The van der Waals surface area contributed by atoms with Crippen LogP contribution in [0.5, 0.6) is 0 Å². The number of benzene rings is 1. The van der Waals surface area contributed by atoms with E-state index < -0.39 is 0 Å². The van der Waals surface area contributed by atoms with E-state index in [9.17, 15) is 9.59 Å².